The summed E-state index contributed by atoms with van der Waals surface area (Å²) < 4.78 is 0. The van der Waals surface area contributed by atoms with E-state index in [4.69, 9.17) is 0 Å². The van der Waals surface area contributed by atoms with Gasteiger partial charge in [0.15, 0.2) is 0 Å². The van der Waals surface area contributed by atoms with E-state index in [1.165, 1.54) is 32.4 Å². The molecule has 1 N–H and O–H groups in total. The third-order valence-corrected chi connectivity index (χ3v) is 3.17. The Bertz CT molecular complexity index is 140. The molecule has 0 bridgehead atoms. The predicted octanol–water partition coefficient (Wildman–Crippen LogP) is 2.25. The standard InChI is InChI=1S/C12H26N2/c1-10(2)14(11(3)4)9-12-7-5-6-8-13-12/h10-13H,5-9H2,1-4H3. The molecule has 0 aromatic rings. The summed E-state index contributed by atoms with van der Waals surface area (Å²) in [4.78, 5) is 2.59. The van der Waals surface area contributed by atoms with Crippen molar-refractivity contribution < 1.29 is 0 Å². The monoisotopic (exact) mass is 198 g/mol. The molecule has 1 aliphatic rings. The van der Waals surface area contributed by atoms with Crippen LogP contribution in [0.4, 0.5) is 0 Å². The Labute approximate surface area is 89.1 Å². The van der Waals surface area contributed by atoms with Crippen LogP contribution < -0.4 is 5.32 Å². The van der Waals surface area contributed by atoms with Gasteiger partial charge in [0.2, 0.25) is 0 Å². The van der Waals surface area contributed by atoms with E-state index in [-0.39, 0.29) is 0 Å². The summed E-state index contributed by atoms with van der Waals surface area (Å²) in [6.45, 7) is 11.6. The zero-order valence-corrected chi connectivity index (χ0v) is 10.2. The molecule has 1 saturated heterocycles. The molecule has 2 nitrogen and oxygen atoms in total. The Morgan fingerprint density at radius 2 is 1.79 bits per heavy atom. The molecular formula is C12H26N2. The predicted molar refractivity (Wildman–Crippen MR) is 62.6 cm³/mol. The van der Waals surface area contributed by atoms with Crippen LogP contribution in [0.1, 0.15) is 47.0 Å². The van der Waals surface area contributed by atoms with Crippen LogP contribution in [0.2, 0.25) is 0 Å². The quantitative estimate of drug-likeness (QED) is 0.745. The SMILES string of the molecule is CC(C)N(CC1CCCCN1)C(C)C. The molecule has 1 fully saturated rings. The average molecular weight is 198 g/mol. The van der Waals surface area contributed by atoms with Crippen molar-refractivity contribution in [3.05, 3.63) is 0 Å². The highest BCUT2D eigenvalue weighted by Gasteiger charge is 2.20. The van der Waals surface area contributed by atoms with Gasteiger partial charge in [-0.05, 0) is 47.1 Å². The van der Waals surface area contributed by atoms with Crippen LogP contribution in [-0.4, -0.2) is 36.1 Å². The third-order valence-electron chi connectivity index (χ3n) is 3.17. The molecule has 0 amide bonds. The van der Waals surface area contributed by atoms with Gasteiger partial charge in [-0.3, -0.25) is 4.90 Å². The Morgan fingerprint density at radius 3 is 2.21 bits per heavy atom. The topological polar surface area (TPSA) is 15.3 Å². The Morgan fingerprint density at radius 1 is 1.14 bits per heavy atom. The molecule has 0 spiro atoms. The second-order valence-electron chi connectivity index (χ2n) is 5.03. The van der Waals surface area contributed by atoms with Crippen molar-refractivity contribution in [2.75, 3.05) is 13.1 Å². The number of piperidine rings is 1. The van der Waals surface area contributed by atoms with Gasteiger partial charge in [-0.1, -0.05) is 6.42 Å². The van der Waals surface area contributed by atoms with Crippen LogP contribution >= 0.6 is 0 Å². The molecule has 84 valence electrons. The first-order chi connectivity index (χ1) is 6.61. The molecule has 1 rings (SSSR count). The van der Waals surface area contributed by atoms with E-state index in [1.54, 1.807) is 0 Å². The summed E-state index contributed by atoms with van der Waals surface area (Å²) in [7, 11) is 0. The van der Waals surface area contributed by atoms with Gasteiger partial charge in [-0.2, -0.15) is 0 Å². The van der Waals surface area contributed by atoms with E-state index in [2.05, 4.69) is 37.9 Å². The maximum atomic E-state index is 3.62. The van der Waals surface area contributed by atoms with Gasteiger partial charge in [0.1, 0.15) is 0 Å². The van der Waals surface area contributed by atoms with Crippen LogP contribution in [0.15, 0.2) is 0 Å². The van der Waals surface area contributed by atoms with Crippen molar-refractivity contribution in [3.63, 3.8) is 0 Å². The van der Waals surface area contributed by atoms with Gasteiger partial charge in [-0.15, -0.1) is 0 Å². The highest BCUT2D eigenvalue weighted by Crippen LogP contribution is 2.12. The fourth-order valence-corrected chi connectivity index (χ4v) is 2.35. The molecule has 0 saturated carbocycles. The van der Waals surface area contributed by atoms with Crippen LogP contribution in [-0.2, 0) is 0 Å². The number of rotatable bonds is 4. The van der Waals surface area contributed by atoms with E-state index in [0.717, 1.165) is 6.04 Å². The maximum absolute atomic E-state index is 3.62. The normalized spacial score (nSPS) is 23.8. The summed E-state index contributed by atoms with van der Waals surface area (Å²) >= 11 is 0. The summed E-state index contributed by atoms with van der Waals surface area (Å²) in [6.07, 6.45) is 4.12. The smallest absolute Gasteiger partial charge is 0.0195 e. The van der Waals surface area contributed by atoms with Gasteiger partial charge in [0.25, 0.3) is 0 Å². The lowest BCUT2D eigenvalue weighted by atomic mass is 10.0. The van der Waals surface area contributed by atoms with E-state index in [9.17, 15) is 0 Å². The first kappa shape index (κ1) is 12.0. The van der Waals surface area contributed by atoms with Crippen molar-refractivity contribution in [2.45, 2.75) is 65.1 Å². The maximum Gasteiger partial charge on any atom is 0.0195 e. The first-order valence-corrected chi connectivity index (χ1v) is 6.10. The molecule has 1 atom stereocenters. The Hall–Kier alpha value is -0.0800. The molecule has 1 unspecified atom stereocenters. The molecule has 0 aliphatic carbocycles. The minimum absolute atomic E-state index is 0.665. The number of nitrogens with one attached hydrogen (secondary N) is 1. The number of nitrogens with zero attached hydrogens (tertiary/aromatic N) is 1. The number of hydrogen-bond donors (Lipinski definition) is 1. The zero-order valence-electron chi connectivity index (χ0n) is 10.2. The van der Waals surface area contributed by atoms with E-state index in [0.29, 0.717) is 12.1 Å². The minimum atomic E-state index is 0.665. The highest BCUT2D eigenvalue weighted by atomic mass is 15.2. The fraction of sp³-hybridized carbons (Fsp3) is 1.00. The first-order valence-electron chi connectivity index (χ1n) is 6.10. The summed E-state index contributed by atoms with van der Waals surface area (Å²) in [6, 6.07) is 2.06. The molecule has 1 heterocycles. The number of hydrogen-bond acceptors (Lipinski definition) is 2. The van der Waals surface area contributed by atoms with Crippen LogP contribution in [0.25, 0.3) is 0 Å². The summed E-state index contributed by atoms with van der Waals surface area (Å²) in [5, 5.41) is 3.62. The molecule has 1 aliphatic heterocycles. The van der Waals surface area contributed by atoms with Crippen LogP contribution in [0.5, 0.6) is 0 Å². The molecule has 0 radical (unpaired) electrons. The Balaban J connectivity index is 2.37. The lowest BCUT2D eigenvalue weighted by molar-refractivity contribution is 0.147. The summed E-state index contributed by atoms with van der Waals surface area (Å²) in [5.74, 6) is 0. The Kier molecular flexibility index (Phi) is 4.90. The fourth-order valence-electron chi connectivity index (χ4n) is 2.35. The average Bonchev–Trinajstić information content (AvgIpc) is 2.15. The van der Waals surface area contributed by atoms with Crippen molar-refractivity contribution in [1.29, 1.82) is 0 Å². The van der Waals surface area contributed by atoms with Crippen molar-refractivity contribution in [3.8, 4) is 0 Å². The molecule has 0 aromatic carbocycles. The second-order valence-corrected chi connectivity index (χ2v) is 5.03. The van der Waals surface area contributed by atoms with E-state index >= 15 is 0 Å². The largest absolute Gasteiger partial charge is 0.313 e. The molecule has 14 heavy (non-hydrogen) atoms. The van der Waals surface area contributed by atoms with Crippen molar-refractivity contribution >= 4 is 0 Å². The van der Waals surface area contributed by atoms with Gasteiger partial charge >= 0.3 is 0 Å². The van der Waals surface area contributed by atoms with E-state index < -0.39 is 0 Å². The van der Waals surface area contributed by atoms with Gasteiger partial charge in [-0.25, -0.2) is 0 Å². The van der Waals surface area contributed by atoms with Crippen molar-refractivity contribution in [1.82, 2.24) is 10.2 Å². The third kappa shape index (κ3) is 3.58. The molecule has 2 heteroatoms. The van der Waals surface area contributed by atoms with Crippen LogP contribution in [0.3, 0.4) is 0 Å². The van der Waals surface area contributed by atoms with Crippen LogP contribution in [0, 0.1) is 0 Å². The van der Waals surface area contributed by atoms with E-state index in [1.807, 2.05) is 0 Å². The second kappa shape index (κ2) is 5.72. The highest BCUT2D eigenvalue weighted by molar-refractivity contribution is 4.79. The lowest BCUT2D eigenvalue weighted by Crippen LogP contribution is -2.48. The van der Waals surface area contributed by atoms with Crippen molar-refractivity contribution in [2.24, 2.45) is 0 Å². The zero-order chi connectivity index (χ0) is 10.6. The molecule has 0 aromatic heterocycles. The van der Waals surface area contributed by atoms with Gasteiger partial charge < -0.3 is 5.32 Å². The summed E-state index contributed by atoms with van der Waals surface area (Å²) in [5.41, 5.74) is 0. The minimum Gasteiger partial charge on any atom is -0.313 e. The molecular weight excluding hydrogens is 172 g/mol. The van der Waals surface area contributed by atoms with Gasteiger partial charge in [0.05, 0.1) is 0 Å². The lowest BCUT2D eigenvalue weighted by Gasteiger charge is -2.35. The van der Waals surface area contributed by atoms with Gasteiger partial charge in [0, 0.05) is 24.7 Å².